The first-order chi connectivity index (χ1) is 9.11. The molecule has 2 N–H and O–H groups in total. The van der Waals surface area contributed by atoms with Crippen molar-refractivity contribution in [1.82, 2.24) is 9.97 Å². The van der Waals surface area contributed by atoms with Gasteiger partial charge >= 0.3 is 5.97 Å². The molecule has 1 aromatic carbocycles. The number of carboxylic acid groups (broad SMARTS) is 1. The summed E-state index contributed by atoms with van der Waals surface area (Å²) in [4.78, 5) is 18.7. The van der Waals surface area contributed by atoms with Crippen LogP contribution in [0.2, 0.25) is 0 Å². The zero-order valence-electron chi connectivity index (χ0n) is 10.5. The second kappa shape index (κ2) is 5.34. The normalized spacial score (nSPS) is 10.0. The van der Waals surface area contributed by atoms with Gasteiger partial charge in [0.2, 0.25) is 0 Å². The molecular formula is C13H13N3O3. The number of nitrogens with zero attached hydrogens (tertiary/aromatic N) is 2. The summed E-state index contributed by atoms with van der Waals surface area (Å²) in [6.07, 6.45) is 2.55. The van der Waals surface area contributed by atoms with Crippen LogP contribution in [0.3, 0.4) is 0 Å². The number of ether oxygens (including phenoxy) is 1. The number of rotatable bonds is 4. The Kier molecular flexibility index (Phi) is 3.61. The van der Waals surface area contributed by atoms with Crippen molar-refractivity contribution in [3.8, 4) is 5.75 Å². The number of aromatic nitrogens is 2. The summed E-state index contributed by atoms with van der Waals surface area (Å²) in [5, 5.41) is 12.1. The molecule has 6 nitrogen and oxygen atoms in total. The third-order valence-electron chi connectivity index (χ3n) is 2.64. The lowest BCUT2D eigenvalue weighted by Gasteiger charge is -2.11. The highest BCUT2D eigenvalue weighted by Gasteiger charge is 2.12. The minimum atomic E-state index is -1.08. The van der Waals surface area contributed by atoms with Crippen LogP contribution in [0.15, 0.2) is 30.7 Å². The van der Waals surface area contributed by atoms with Crippen LogP contribution in [0, 0.1) is 6.92 Å². The van der Waals surface area contributed by atoms with Crippen LogP contribution in [0.1, 0.15) is 15.9 Å². The molecule has 0 spiro atoms. The second-order valence-corrected chi connectivity index (χ2v) is 3.90. The van der Waals surface area contributed by atoms with E-state index in [1.165, 1.54) is 12.5 Å². The number of methoxy groups -OCH3 is 1. The molecule has 2 rings (SSSR count). The van der Waals surface area contributed by atoms with Crippen molar-refractivity contribution >= 4 is 17.5 Å². The van der Waals surface area contributed by atoms with Gasteiger partial charge in [0.05, 0.1) is 7.11 Å². The minimum absolute atomic E-state index is 0.0183. The average molecular weight is 259 g/mol. The fraction of sp³-hybridized carbons (Fsp3) is 0.154. The second-order valence-electron chi connectivity index (χ2n) is 3.90. The highest BCUT2D eigenvalue weighted by Crippen LogP contribution is 2.25. The molecule has 0 fully saturated rings. The van der Waals surface area contributed by atoms with Crippen LogP contribution in [0.4, 0.5) is 11.5 Å². The fourth-order valence-electron chi connectivity index (χ4n) is 1.58. The predicted molar refractivity (Wildman–Crippen MR) is 70.0 cm³/mol. The van der Waals surface area contributed by atoms with Gasteiger partial charge in [-0.2, -0.15) is 0 Å². The molecule has 0 amide bonds. The molecule has 98 valence electrons. The third kappa shape index (κ3) is 2.79. The first-order valence-corrected chi connectivity index (χ1v) is 5.57. The first-order valence-electron chi connectivity index (χ1n) is 5.57. The molecule has 0 aliphatic rings. The smallest absolute Gasteiger partial charge is 0.341 e. The van der Waals surface area contributed by atoms with Gasteiger partial charge in [0.25, 0.3) is 0 Å². The molecule has 2 aromatic rings. The van der Waals surface area contributed by atoms with E-state index in [0.717, 1.165) is 11.3 Å². The van der Waals surface area contributed by atoms with Crippen molar-refractivity contribution in [2.75, 3.05) is 12.4 Å². The molecular weight excluding hydrogens is 246 g/mol. The number of hydrogen-bond donors (Lipinski definition) is 2. The van der Waals surface area contributed by atoms with Crippen molar-refractivity contribution in [2.45, 2.75) is 6.92 Å². The molecule has 0 unspecified atom stereocenters. The van der Waals surface area contributed by atoms with Crippen LogP contribution in [0.25, 0.3) is 0 Å². The number of hydrogen-bond acceptors (Lipinski definition) is 5. The number of aromatic carboxylic acids is 1. The molecule has 0 bridgehead atoms. The number of aryl methyl sites for hydroxylation is 1. The number of carbonyl (C=O) groups is 1. The summed E-state index contributed by atoms with van der Waals surface area (Å²) in [5.41, 5.74) is 1.71. The van der Waals surface area contributed by atoms with Crippen molar-refractivity contribution in [2.24, 2.45) is 0 Å². The highest BCUT2D eigenvalue weighted by molar-refractivity contribution is 5.93. The number of nitrogens with one attached hydrogen (secondary N) is 1. The highest BCUT2D eigenvalue weighted by atomic mass is 16.5. The van der Waals surface area contributed by atoms with Crippen LogP contribution >= 0.6 is 0 Å². The number of anilines is 2. The molecule has 0 saturated carbocycles. The lowest BCUT2D eigenvalue weighted by molar-refractivity contribution is 0.0697. The van der Waals surface area contributed by atoms with Crippen LogP contribution < -0.4 is 10.1 Å². The molecule has 0 radical (unpaired) electrons. The van der Waals surface area contributed by atoms with Crippen molar-refractivity contribution in [1.29, 1.82) is 0 Å². The lowest BCUT2D eigenvalue weighted by atomic mass is 10.2. The molecule has 0 aliphatic carbocycles. The Balaban J connectivity index is 2.38. The van der Waals surface area contributed by atoms with E-state index < -0.39 is 5.97 Å². The van der Waals surface area contributed by atoms with E-state index in [4.69, 9.17) is 9.84 Å². The van der Waals surface area contributed by atoms with E-state index in [1.54, 1.807) is 13.2 Å². The van der Waals surface area contributed by atoms with E-state index in [0.29, 0.717) is 5.75 Å². The standard InChI is InChI=1S/C13H13N3O3/c1-8-3-4-9(19-2)5-11(8)16-12-10(13(17)18)6-14-7-15-12/h3-7H,1-2H3,(H,17,18)(H,14,15,16). The summed E-state index contributed by atoms with van der Waals surface area (Å²) in [5.74, 6) is -0.151. The summed E-state index contributed by atoms with van der Waals surface area (Å²) in [6.45, 7) is 1.91. The molecule has 6 heteroatoms. The van der Waals surface area contributed by atoms with Crippen molar-refractivity contribution in [3.05, 3.63) is 41.9 Å². The minimum Gasteiger partial charge on any atom is -0.497 e. The molecule has 19 heavy (non-hydrogen) atoms. The molecule has 0 atom stereocenters. The van der Waals surface area contributed by atoms with E-state index in [-0.39, 0.29) is 11.4 Å². The number of carboxylic acids is 1. The van der Waals surface area contributed by atoms with Gasteiger partial charge in [0.1, 0.15) is 23.5 Å². The Morgan fingerprint density at radius 1 is 1.42 bits per heavy atom. The van der Waals surface area contributed by atoms with Gasteiger partial charge in [-0.3, -0.25) is 0 Å². The first kappa shape index (κ1) is 12.8. The Morgan fingerprint density at radius 2 is 2.21 bits per heavy atom. The summed E-state index contributed by atoms with van der Waals surface area (Å²) in [6, 6.07) is 5.49. The maximum atomic E-state index is 11.1. The van der Waals surface area contributed by atoms with Gasteiger partial charge in [-0.1, -0.05) is 6.07 Å². The van der Waals surface area contributed by atoms with E-state index in [1.807, 2.05) is 19.1 Å². The topological polar surface area (TPSA) is 84.3 Å². The Bertz CT molecular complexity index is 614. The summed E-state index contributed by atoms with van der Waals surface area (Å²) in [7, 11) is 1.57. The van der Waals surface area contributed by atoms with Gasteiger partial charge in [0, 0.05) is 18.0 Å². The third-order valence-corrected chi connectivity index (χ3v) is 2.64. The van der Waals surface area contributed by atoms with Gasteiger partial charge in [0.15, 0.2) is 0 Å². The quantitative estimate of drug-likeness (QED) is 0.875. The largest absolute Gasteiger partial charge is 0.497 e. The summed E-state index contributed by atoms with van der Waals surface area (Å²) >= 11 is 0. The van der Waals surface area contributed by atoms with Gasteiger partial charge in [-0.05, 0) is 18.6 Å². The van der Waals surface area contributed by atoms with Gasteiger partial charge < -0.3 is 15.2 Å². The SMILES string of the molecule is COc1ccc(C)c(Nc2ncncc2C(=O)O)c1. The number of benzene rings is 1. The average Bonchev–Trinajstić information content (AvgIpc) is 2.41. The molecule has 0 aliphatic heterocycles. The van der Waals surface area contributed by atoms with Gasteiger partial charge in [-0.25, -0.2) is 14.8 Å². The van der Waals surface area contributed by atoms with Crippen LogP contribution in [-0.4, -0.2) is 28.2 Å². The Morgan fingerprint density at radius 3 is 2.89 bits per heavy atom. The Hall–Kier alpha value is -2.63. The zero-order valence-corrected chi connectivity index (χ0v) is 10.5. The van der Waals surface area contributed by atoms with E-state index in [9.17, 15) is 4.79 Å². The predicted octanol–water partition coefficient (Wildman–Crippen LogP) is 2.24. The maximum Gasteiger partial charge on any atom is 0.341 e. The van der Waals surface area contributed by atoms with Crippen LogP contribution in [0.5, 0.6) is 5.75 Å². The molecule has 1 aromatic heterocycles. The Labute approximate surface area is 110 Å². The fourth-order valence-corrected chi connectivity index (χ4v) is 1.58. The monoisotopic (exact) mass is 259 g/mol. The molecule has 0 saturated heterocycles. The summed E-state index contributed by atoms with van der Waals surface area (Å²) < 4.78 is 5.14. The van der Waals surface area contributed by atoms with Gasteiger partial charge in [-0.15, -0.1) is 0 Å². The maximum absolute atomic E-state index is 11.1. The van der Waals surface area contributed by atoms with E-state index >= 15 is 0 Å². The zero-order chi connectivity index (χ0) is 13.8. The van der Waals surface area contributed by atoms with Crippen molar-refractivity contribution in [3.63, 3.8) is 0 Å². The van der Waals surface area contributed by atoms with E-state index in [2.05, 4.69) is 15.3 Å². The molecule has 1 heterocycles. The van der Waals surface area contributed by atoms with Crippen LogP contribution in [-0.2, 0) is 0 Å². The lowest BCUT2D eigenvalue weighted by Crippen LogP contribution is -2.06. The van der Waals surface area contributed by atoms with Crippen molar-refractivity contribution < 1.29 is 14.6 Å².